The third kappa shape index (κ3) is 4.52. The molecular formula is C13H8Cl5FO2. The van der Waals surface area contributed by atoms with Gasteiger partial charge in [-0.05, 0) is 6.07 Å². The lowest BCUT2D eigenvalue weighted by molar-refractivity contribution is 0.276. The summed E-state index contributed by atoms with van der Waals surface area (Å²) >= 11 is 27.9. The van der Waals surface area contributed by atoms with Crippen LogP contribution >= 0.6 is 58.0 Å². The lowest BCUT2D eigenvalue weighted by Crippen LogP contribution is -1.86. The van der Waals surface area contributed by atoms with Gasteiger partial charge in [0.15, 0.2) is 5.75 Å². The van der Waals surface area contributed by atoms with Crippen LogP contribution in [0.2, 0.25) is 25.1 Å². The maximum absolute atomic E-state index is 12.4. The van der Waals surface area contributed by atoms with Crippen molar-refractivity contribution in [2.45, 2.75) is 6.61 Å². The molecule has 21 heavy (non-hydrogen) atoms. The molecule has 0 fully saturated rings. The summed E-state index contributed by atoms with van der Waals surface area (Å²) in [7, 11) is 0. The first-order valence-corrected chi connectivity index (χ1v) is 7.24. The number of aliphatic hydroxyl groups excluding tert-OH is 1. The molecule has 2 N–H and O–H groups in total. The number of hydrogen-bond donors (Lipinski definition) is 2. The molecule has 0 bridgehead atoms. The monoisotopic (exact) mass is 390 g/mol. The van der Waals surface area contributed by atoms with Gasteiger partial charge in [-0.2, -0.15) is 0 Å². The third-order valence-electron chi connectivity index (χ3n) is 2.31. The van der Waals surface area contributed by atoms with E-state index in [0.717, 1.165) is 0 Å². The van der Waals surface area contributed by atoms with Gasteiger partial charge in [0.25, 0.3) is 0 Å². The van der Waals surface area contributed by atoms with E-state index in [0.29, 0.717) is 5.56 Å². The molecule has 114 valence electrons. The summed E-state index contributed by atoms with van der Waals surface area (Å²) in [6.45, 7) is -0.229. The van der Waals surface area contributed by atoms with E-state index in [1.54, 1.807) is 18.2 Å². The zero-order valence-corrected chi connectivity index (χ0v) is 14.0. The zero-order valence-electron chi connectivity index (χ0n) is 10.2. The minimum Gasteiger partial charge on any atom is -0.505 e. The largest absolute Gasteiger partial charge is 0.505 e. The Morgan fingerprint density at radius 2 is 1.24 bits per heavy atom. The van der Waals surface area contributed by atoms with Gasteiger partial charge in [-0.25, -0.2) is 4.39 Å². The lowest BCUT2D eigenvalue weighted by atomic mass is 10.2. The van der Waals surface area contributed by atoms with Crippen molar-refractivity contribution in [3.63, 3.8) is 0 Å². The van der Waals surface area contributed by atoms with Gasteiger partial charge in [-0.3, -0.25) is 0 Å². The first-order chi connectivity index (χ1) is 9.81. The molecular weight excluding hydrogens is 384 g/mol. The van der Waals surface area contributed by atoms with Crippen molar-refractivity contribution in [2.24, 2.45) is 0 Å². The van der Waals surface area contributed by atoms with Crippen LogP contribution in [0.1, 0.15) is 5.56 Å². The number of aliphatic hydroxyl groups is 1. The fraction of sp³-hybridized carbons (Fsp3) is 0.0769. The number of phenolic OH excluding ortho intramolecular Hbond substituents is 1. The molecule has 0 aromatic heterocycles. The number of phenols is 1. The Hall–Kier alpha value is -0.420. The van der Waals surface area contributed by atoms with Gasteiger partial charge in [-0.1, -0.05) is 76.2 Å². The smallest absolute Gasteiger partial charge is 0.155 e. The van der Waals surface area contributed by atoms with E-state index >= 15 is 0 Å². The van der Waals surface area contributed by atoms with Crippen LogP contribution in [0.4, 0.5) is 4.39 Å². The Labute approximate surface area is 145 Å². The summed E-state index contributed by atoms with van der Waals surface area (Å²) < 4.78 is 12.4. The van der Waals surface area contributed by atoms with Crippen molar-refractivity contribution < 1.29 is 14.6 Å². The Morgan fingerprint density at radius 1 is 0.810 bits per heavy atom. The molecule has 2 nitrogen and oxygen atoms in total. The molecule has 0 aliphatic rings. The number of halogens is 6. The normalized spacial score (nSPS) is 10.0. The number of hydrogen-bond acceptors (Lipinski definition) is 2. The first kappa shape index (κ1) is 18.6. The molecule has 0 atom stereocenters. The molecule has 2 aromatic rings. The fourth-order valence-corrected chi connectivity index (χ4v) is 2.35. The molecule has 0 saturated carbocycles. The maximum atomic E-state index is 12.4. The number of benzene rings is 2. The van der Waals surface area contributed by atoms with E-state index in [9.17, 15) is 9.50 Å². The van der Waals surface area contributed by atoms with Gasteiger partial charge in [0.2, 0.25) is 0 Å². The Bertz CT molecular complexity index is 544. The Balaban J connectivity index is 0.000000219. The average Bonchev–Trinajstić information content (AvgIpc) is 2.50. The third-order valence-corrected chi connectivity index (χ3v) is 4.57. The second-order valence-electron chi connectivity index (χ2n) is 3.67. The zero-order chi connectivity index (χ0) is 16.2. The standard InChI is InChI=1S/C7H7FO.C6HCl5O/c8-7-4-2-1-3-6(7)5-9;7-1-2(8)4(10)6(12)5(11)3(1)9/h1-4,9H,5H2;12H. The van der Waals surface area contributed by atoms with Crippen molar-refractivity contribution in [3.05, 3.63) is 60.8 Å². The van der Waals surface area contributed by atoms with Gasteiger partial charge < -0.3 is 10.2 Å². The van der Waals surface area contributed by atoms with Crippen molar-refractivity contribution in [1.82, 2.24) is 0 Å². The molecule has 0 spiro atoms. The molecule has 0 amide bonds. The van der Waals surface area contributed by atoms with Gasteiger partial charge in [0.1, 0.15) is 15.9 Å². The van der Waals surface area contributed by atoms with E-state index in [4.69, 9.17) is 63.1 Å². The highest BCUT2D eigenvalue weighted by Gasteiger charge is 2.18. The highest BCUT2D eigenvalue weighted by atomic mass is 35.5. The quantitative estimate of drug-likeness (QED) is 0.463. The summed E-state index contributed by atoms with van der Waals surface area (Å²) in [4.78, 5) is 0. The summed E-state index contributed by atoms with van der Waals surface area (Å²) in [5, 5.41) is 17.5. The second kappa shape index (κ2) is 8.28. The number of aromatic hydroxyl groups is 1. The second-order valence-corrected chi connectivity index (χ2v) is 5.56. The van der Waals surface area contributed by atoms with E-state index in [1.165, 1.54) is 6.07 Å². The minimum atomic E-state index is -0.363. The van der Waals surface area contributed by atoms with E-state index in [-0.39, 0.29) is 43.3 Å². The molecule has 0 saturated heterocycles. The van der Waals surface area contributed by atoms with E-state index < -0.39 is 0 Å². The summed E-state index contributed by atoms with van der Waals surface area (Å²) in [5.74, 6) is -0.710. The topological polar surface area (TPSA) is 40.5 Å². The summed E-state index contributed by atoms with van der Waals surface area (Å²) in [6.07, 6.45) is 0. The van der Waals surface area contributed by atoms with Crippen LogP contribution in [0, 0.1) is 5.82 Å². The number of rotatable bonds is 1. The Kier molecular flexibility index (Phi) is 7.34. The van der Waals surface area contributed by atoms with Crippen LogP contribution in [0.3, 0.4) is 0 Å². The van der Waals surface area contributed by atoms with Gasteiger partial charge in [-0.15, -0.1) is 0 Å². The van der Waals surface area contributed by atoms with Crippen LogP contribution in [0.5, 0.6) is 5.75 Å². The average molecular weight is 392 g/mol. The fourth-order valence-electron chi connectivity index (χ4n) is 1.22. The van der Waals surface area contributed by atoms with Gasteiger partial charge in [0.05, 0.1) is 21.7 Å². The summed E-state index contributed by atoms with van der Waals surface area (Å²) in [5.41, 5.74) is 0.345. The van der Waals surface area contributed by atoms with Crippen LogP contribution in [0.25, 0.3) is 0 Å². The molecule has 0 radical (unpaired) electrons. The van der Waals surface area contributed by atoms with Crippen molar-refractivity contribution >= 4 is 58.0 Å². The SMILES string of the molecule is OCc1ccccc1F.Oc1c(Cl)c(Cl)c(Cl)c(Cl)c1Cl. The van der Waals surface area contributed by atoms with Crippen LogP contribution < -0.4 is 0 Å². The molecule has 2 rings (SSSR count). The molecule has 0 aliphatic carbocycles. The predicted octanol–water partition coefficient (Wildman–Crippen LogP) is 5.98. The van der Waals surface area contributed by atoms with Gasteiger partial charge in [0, 0.05) is 5.56 Å². The maximum Gasteiger partial charge on any atom is 0.155 e. The van der Waals surface area contributed by atoms with Gasteiger partial charge >= 0.3 is 0 Å². The van der Waals surface area contributed by atoms with Crippen LogP contribution in [0.15, 0.2) is 24.3 Å². The molecule has 0 heterocycles. The Morgan fingerprint density at radius 3 is 1.62 bits per heavy atom. The minimum absolute atomic E-state index is 0.00904. The first-order valence-electron chi connectivity index (χ1n) is 5.35. The van der Waals surface area contributed by atoms with Crippen molar-refractivity contribution in [3.8, 4) is 5.75 Å². The molecule has 2 aromatic carbocycles. The molecule has 0 aliphatic heterocycles. The predicted molar refractivity (Wildman–Crippen MR) is 85.5 cm³/mol. The van der Waals surface area contributed by atoms with Crippen LogP contribution in [-0.4, -0.2) is 10.2 Å². The molecule has 8 heteroatoms. The molecule has 0 unspecified atom stereocenters. The summed E-state index contributed by atoms with van der Waals surface area (Å²) in [6, 6.07) is 6.16. The van der Waals surface area contributed by atoms with E-state index in [2.05, 4.69) is 0 Å². The highest BCUT2D eigenvalue weighted by molar-refractivity contribution is 6.55. The van der Waals surface area contributed by atoms with Crippen molar-refractivity contribution in [2.75, 3.05) is 0 Å². The highest BCUT2D eigenvalue weighted by Crippen LogP contribution is 2.47. The van der Waals surface area contributed by atoms with Crippen molar-refractivity contribution in [1.29, 1.82) is 0 Å². The van der Waals surface area contributed by atoms with E-state index in [1.807, 2.05) is 0 Å². The lowest BCUT2D eigenvalue weighted by Gasteiger charge is -2.06. The van der Waals surface area contributed by atoms with Crippen LogP contribution in [-0.2, 0) is 6.61 Å².